The zero-order valence-electron chi connectivity index (χ0n) is 11.1. The summed E-state index contributed by atoms with van der Waals surface area (Å²) >= 11 is 0. The summed E-state index contributed by atoms with van der Waals surface area (Å²) in [5.41, 5.74) is 2.17. The summed E-state index contributed by atoms with van der Waals surface area (Å²) in [6.07, 6.45) is 9.29. The van der Waals surface area contributed by atoms with E-state index in [1.807, 2.05) is 0 Å². The largest absolute Gasteiger partial charge is 0.301 e. The first-order chi connectivity index (χ1) is 8.24. The summed E-state index contributed by atoms with van der Waals surface area (Å²) in [4.78, 5) is 13.5. The molecule has 1 saturated heterocycles. The highest BCUT2D eigenvalue weighted by Crippen LogP contribution is 2.17. The number of hydrazine groups is 1. The number of unbranched alkanes of at least 4 members (excludes halogenated alkanes) is 2. The number of carbonyl (C=O) groups is 1. The minimum Gasteiger partial charge on any atom is -0.301 e. The van der Waals surface area contributed by atoms with Crippen molar-refractivity contribution in [1.29, 1.82) is 0 Å². The summed E-state index contributed by atoms with van der Waals surface area (Å²) in [5.74, 6) is 4.98. The summed E-state index contributed by atoms with van der Waals surface area (Å²) in [5, 5.41) is 0. The lowest BCUT2D eigenvalue weighted by atomic mass is 10.1. The van der Waals surface area contributed by atoms with Gasteiger partial charge < -0.3 is 4.90 Å². The molecule has 1 amide bonds. The van der Waals surface area contributed by atoms with Crippen molar-refractivity contribution in [3.63, 3.8) is 0 Å². The normalized spacial score (nSPS) is 22.1. The van der Waals surface area contributed by atoms with E-state index in [1.165, 1.54) is 45.2 Å². The minimum absolute atomic E-state index is 0.0480. The fourth-order valence-electron chi connectivity index (χ4n) is 2.52. The number of likely N-dealkylation sites (tertiary alicyclic amines) is 1. The molecule has 0 spiro atoms. The highest BCUT2D eigenvalue weighted by molar-refractivity contribution is 5.74. The number of carbonyl (C=O) groups excluding carboxylic acids is 1. The maximum absolute atomic E-state index is 10.9. The van der Waals surface area contributed by atoms with Crippen LogP contribution in [0, 0.1) is 0 Å². The Balaban J connectivity index is 2.06. The van der Waals surface area contributed by atoms with Crippen LogP contribution in [0.5, 0.6) is 0 Å². The minimum atomic E-state index is -0.0480. The fraction of sp³-hybridized carbons (Fsp3) is 0.923. The average molecular weight is 241 g/mol. The monoisotopic (exact) mass is 241 g/mol. The second-order valence-corrected chi connectivity index (χ2v) is 5.11. The van der Waals surface area contributed by atoms with Gasteiger partial charge in [0.15, 0.2) is 0 Å². The van der Waals surface area contributed by atoms with Crippen LogP contribution < -0.4 is 11.3 Å². The van der Waals surface area contributed by atoms with Crippen LogP contribution in [0.2, 0.25) is 0 Å². The van der Waals surface area contributed by atoms with Crippen molar-refractivity contribution >= 4 is 5.91 Å². The van der Waals surface area contributed by atoms with Crippen molar-refractivity contribution in [2.24, 2.45) is 5.84 Å². The Bertz CT molecular complexity index is 221. The van der Waals surface area contributed by atoms with Gasteiger partial charge in [0.1, 0.15) is 0 Å². The van der Waals surface area contributed by atoms with Gasteiger partial charge in [-0.3, -0.25) is 10.2 Å². The van der Waals surface area contributed by atoms with Crippen LogP contribution in [0.25, 0.3) is 0 Å². The Labute approximate surface area is 105 Å². The third-order valence-corrected chi connectivity index (χ3v) is 3.70. The summed E-state index contributed by atoms with van der Waals surface area (Å²) < 4.78 is 0. The van der Waals surface area contributed by atoms with Crippen LogP contribution in [-0.4, -0.2) is 29.9 Å². The lowest BCUT2D eigenvalue weighted by Crippen LogP contribution is -2.33. The lowest BCUT2D eigenvalue weighted by Gasteiger charge is -2.26. The Morgan fingerprint density at radius 3 is 2.88 bits per heavy atom. The van der Waals surface area contributed by atoms with Gasteiger partial charge in [0.25, 0.3) is 0 Å². The van der Waals surface area contributed by atoms with E-state index in [0.717, 1.165) is 18.9 Å². The smallest absolute Gasteiger partial charge is 0.233 e. The van der Waals surface area contributed by atoms with Crippen molar-refractivity contribution in [2.45, 2.75) is 64.3 Å². The van der Waals surface area contributed by atoms with Crippen molar-refractivity contribution in [1.82, 2.24) is 10.3 Å². The summed E-state index contributed by atoms with van der Waals surface area (Å²) in [6.45, 7) is 4.78. The molecule has 1 atom stereocenters. The number of hydrogen-bond acceptors (Lipinski definition) is 3. The maximum Gasteiger partial charge on any atom is 0.233 e. The van der Waals surface area contributed by atoms with Crippen molar-refractivity contribution in [3.05, 3.63) is 0 Å². The maximum atomic E-state index is 10.9. The van der Waals surface area contributed by atoms with Gasteiger partial charge in [-0.15, -0.1) is 0 Å². The number of hydrogen-bond donors (Lipinski definition) is 2. The van der Waals surface area contributed by atoms with E-state index < -0.39 is 0 Å². The number of nitrogens with two attached hydrogens (primary N) is 1. The second kappa shape index (κ2) is 8.48. The highest BCUT2D eigenvalue weighted by Gasteiger charge is 2.15. The van der Waals surface area contributed by atoms with Crippen LogP contribution in [0.4, 0.5) is 0 Å². The third kappa shape index (κ3) is 6.03. The van der Waals surface area contributed by atoms with Crippen LogP contribution in [-0.2, 0) is 4.79 Å². The van der Waals surface area contributed by atoms with E-state index in [0.29, 0.717) is 6.42 Å². The molecular formula is C13H27N3O. The molecule has 1 aliphatic heterocycles. The molecule has 1 rings (SSSR count). The molecule has 0 aromatic heterocycles. The van der Waals surface area contributed by atoms with Gasteiger partial charge in [-0.2, -0.15) is 0 Å². The first-order valence-electron chi connectivity index (χ1n) is 6.97. The molecule has 4 heteroatoms. The average Bonchev–Trinajstić information content (AvgIpc) is 2.54. The number of nitrogens with zero attached hydrogens (tertiary/aromatic N) is 1. The molecule has 0 bridgehead atoms. The molecule has 100 valence electrons. The van der Waals surface area contributed by atoms with Gasteiger partial charge in [-0.05, 0) is 45.7 Å². The van der Waals surface area contributed by atoms with Crippen LogP contribution in [0.15, 0.2) is 0 Å². The van der Waals surface area contributed by atoms with Gasteiger partial charge in [-0.25, -0.2) is 5.84 Å². The first kappa shape index (κ1) is 14.5. The van der Waals surface area contributed by atoms with E-state index in [1.54, 1.807) is 0 Å². The van der Waals surface area contributed by atoms with Crippen LogP contribution in [0.1, 0.15) is 58.3 Å². The predicted octanol–water partition coefficient (Wildman–Crippen LogP) is 1.80. The fourth-order valence-corrected chi connectivity index (χ4v) is 2.52. The quantitative estimate of drug-likeness (QED) is 0.323. The highest BCUT2D eigenvalue weighted by atomic mass is 16.2. The van der Waals surface area contributed by atoms with Crippen molar-refractivity contribution in [3.8, 4) is 0 Å². The van der Waals surface area contributed by atoms with Gasteiger partial charge in [0.2, 0.25) is 5.91 Å². The molecular weight excluding hydrogens is 214 g/mol. The zero-order chi connectivity index (χ0) is 12.5. The Kier molecular flexibility index (Phi) is 7.21. The van der Waals surface area contributed by atoms with E-state index >= 15 is 0 Å². The Morgan fingerprint density at radius 2 is 2.12 bits per heavy atom. The molecule has 1 aliphatic rings. The molecule has 0 aromatic rings. The van der Waals surface area contributed by atoms with E-state index in [9.17, 15) is 4.79 Å². The molecule has 3 N–H and O–H groups in total. The van der Waals surface area contributed by atoms with Gasteiger partial charge in [-0.1, -0.05) is 19.3 Å². The molecule has 1 fully saturated rings. The van der Waals surface area contributed by atoms with E-state index in [2.05, 4.69) is 17.2 Å². The van der Waals surface area contributed by atoms with E-state index in [-0.39, 0.29) is 5.91 Å². The molecule has 0 radical (unpaired) electrons. The Morgan fingerprint density at radius 1 is 1.29 bits per heavy atom. The number of nitrogens with one attached hydrogen (secondary N) is 1. The lowest BCUT2D eigenvalue weighted by molar-refractivity contribution is -0.121. The molecule has 1 unspecified atom stereocenters. The standard InChI is InChI=1S/C13H27N3O/c1-12-8-4-2-6-10-16(12)11-7-3-5-9-13(17)15-14/h12H,2-11,14H2,1H3,(H,15,17). The predicted molar refractivity (Wildman–Crippen MR) is 70.3 cm³/mol. The zero-order valence-corrected chi connectivity index (χ0v) is 11.1. The SMILES string of the molecule is CC1CCCCCN1CCCCCC(=O)NN. The molecule has 0 aromatic carbocycles. The number of rotatable bonds is 6. The van der Waals surface area contributed by atoms with Crippen LogP contribution in [0.3, 0.4) is 0 Å². The second-order valence-electron chi connectivity index (χ2n) is 5.11. The molecule has 1 heterocycles. The Hall–Kier alpha value is -0.610. The molecule has 4 nitrogen and oxygen atoms in total. The van der Waals surface area contributed by atoms with E-state index in [4.69, 9.17) is 5.84 Å². The first-order valence-corrected chi connectivity index (χ1v) is 6.97. The number of amides is 1. The van der Waals surface area contributed by atoms with Gasteiger partial charge in [0, 0.05) is 12.5 Å². The van der Waals surface area contributed by atoms with Crippen LogP contribution >= 0.6 is 0 Å². The van der Waals surface area contributed by atoms with Gasteiger partial charge in [0.05, 0.1) is 0 Å². The van der Waals surface area contributed by atoms with Gasteiger partial charge >= 0.3 is 0 Å². The summed E-state index contributed by atoms with van der Waals surface area (Å²) in [7, 11) is 0. The molecule has 0 aliphatic carbocycles. The third-order valence-electron chi connectivity index (χ3n) is 3.70. The summed E-state index contributed by atoms with van der Waals surface area (Å²) in [6, 6.07) is 0.741. The van der Waals surface area contributed by atoms with Crippen molar-refractivity contribution < 1.29 is 4.79 Å². The topological polar surface area (TPSA) is 58.4 Å². The molecule has 0 saturated carbocycles. The van der Waals surface area contributed by atoms with Crippen molar-refractivity contribution in [2.75, 3.05) is 13.1 Å². The molecule has 17 heavy (non-hydrogen) atoms.